The number of rotatable bonds is 4. The first-order chi connectivity index (χ1) is 9.21. The second kappa shape index (κ2) is 4.90. The fourth-order valence-electron chi connectivity index (χ4n) is 3.03. The average Bonchev–Trinajstić information content (AvgIpc) is 3.10. The van der Waals surface area contributed by atoms with E-state index in [-0.39, 0.29) is 0 Å². The van der Waals surface area contributed by atoms with Gasteiger partial charge in [-0.1, -0.05) is 25.7 Å². The van der Waals surface area contributed by atoms with Crippen molar-refractivity contribution in [3.63, 3.8) is 0 Å². The van der Waals surface area contributed by atoms with Crippen LogP contribution in [0.25, 0.3) is 0 Å². The lowest BCUT2D eigenvalue weighted by atomic mass is 9.99. The number of carboxylic acids is 1. The fraction of sp³-hybridized carbons (Fsp3) is 0.846. The Morgan fingerprint density at radius 1 is 1.26 bits per heavy atom. The molecule has 1 heterocycles. The summed E-state index contributed by atoms with van der Waals surface area (Å²) in [6, 6.07) is 0. The molecule has 2 aliphatic carbocycles. The Bertz CT molecular complexity index is 459. The summed E-state index contributed by atoms with van der Waals surface area (Å²) in [4.78, 5) is 11.3. The van der Waals surface area contributed by atoms with Crippen LogP contribution in [0.1, 0.15) is 63.1 Å². The third-order valence-electron chi connectivity index (χ3n) is 4.54. The van der Waals surface area contributed by atoms with E-state index in [9.17, 15) is 9.90 Å². The number of aliphatic carboxylic acids is 1. The van der Waals surface area contributed by atoms with Crippen LogP contribution in [0, 0.1) is 5.41 Å². The van der Waals surface area contributed by atoms with Crippen LogP contribution in [0.3, 0.4) is 0 Å². The van der Waals surface area contributed by atoms with E-state index in [1.807, 2.05) is 0 Å². The molecule has 104 valence electrons. The number of nitrogens with zero attached hydrogens (tertiary/aromatic N) is 4. The van der Waals surface area contributed by atoms with Crippen LogP contribution in [0.4, 0.5) is 0 Å². The lowest BCUT2D eigenvalue weighted by Crippen LogP contribution is -2.24. The molecule has 6 heteroatoms. The highest BCUT2D eigenvalue weighted by Crippen LogP contribution is 2.47. The lowest BCUT2D eigenvalue weighted by Gasteiger charge is -2.15. The summed E-state index contributed by atoms with van der Waals surface area (Å²) in [7, 11) is 0. The van der Waals surface area contributed by atoms with Crippen molar-refractivity contribution in [2.45, 2.75) is 63.8 Å². The van der Waals surface area contributed by atoms with Gasteiger partial charge in [-0.25, -0.2) is 4.68 Å². The Kier molecular flexibility index (Phi) is 3.24. The van der Waals surface area contributed by atoms with Crippen molar-refractivity contribution < 1.29 is 9.90 Å². The van der Waals surface area contributed by atoms with Crippen LogP contribution in [-0.2, 0) is 11.3 Å². The average molecular weight is 264 g/mol. The van der Waals surface area contributed by atoms with Crippen LogP contribution >= 0.6 is 0 Å². The van der Waals surface area contributed by atoms with Crippen LogP contribution in [0.5, 0.6) is 0 Å². The molecule has 0 bridgehead atoms. The summed E-state index contributed by atoms with van der Waals surface area (Å²) in [6.45, 7) is 0.432. The highest BCUT2D eigenvalue weighted by molar-refractivity contribution is 5.77. The zero-order chi connectivity index (χ0) is 13.3. The van der Waals surface area contributed by atoms with Crippen molar-refractivity contribution >= 4 is 5.97 Å². The molecule has 0 radical (unpaired) electrons. The summed E-state index contributed by atoms with van der Waals surface area (Å²) in [5.74, 6) is 0.589. The van der Waals surface area contributed by atoms with Crippen LogP contribution in [0.15, 0.2) is 0 Å². The van der Waals surface area contributed by atoms with E-state index in [0.717, 1.165) is 31.5 Å². The van der Waals surface area contributed by atoms with Gasteiger partial charge in [0, 0.05) is 5.92 Å². The van der Waals surface area contributed by atoms with E-state index >= 15 is 0 Å². The van der Waals surface area contributed by atoms with E-state index in [1.54, 1.807) is 4.68 Å². The minimum absolute atomic E-state index is 0.405. The summed E-state index contributed by atoms with van der Waals surface area (Å²) in [5, 5.41) is 21.2. The monoisotopic (exact) mass is 264 g/mol. The van der Waals surface area contributed by atoms with E-state index in [1.165, 1.54) is 25.7 Å². The number of carboxylic acid groups (broad SMARTS) is 1. The topological polar surface area (TPSA) is 80.9 Å². The minimum atomic E-state index is -0.713. The highest BCUT2D eigenvalue weighted by Gasteiger charge is 2.51. The Balaban J connectivity index is 1.76. The second-order valence-corrected chi connectivity index (χ2v) is 5.97. The zero-order valence-corrected chi connectivity index (χ0v) is 11.1. The van der Waals surface area contributed by atoms with Gasteiger partial charge in [-0.2, -0.15) is 0 Å². The number of tetrazole rings is 1. The van der Waals surface area contributed by atoms with E-state index < -0.39 is 11.4 Å². The predicted octanol–water partition coefficient (Wildman–Crippen LogP) is 1.98. The molecule has 2 saturated carbocycles. The number of carbonyl (C=O) groups is 1. The van der Waals surface area contributed by atoms with Crippen LogP contribution in [-0.4, -0.2) is 31.3 Å². The summed E-state index contributed by atoms with van der Waals surface area (Å²) in [5.41, 5.74) is -0.602. The van der Waals surface area contributed by atoms with Crippen molar-refractivity contribution in [3.05, 3.63) is 5.82 Å². The molecule has 0 aliphatic heterocycles. The molecular formula is C13H20N4O2. The van der Waals surface area contributed by atoms with Gasteiger partial charge in [-0.15, -0.1) is 5.10 Å². The molecule has 1 aromatic heterocycles. The van der Waals surface area contributed by atoms with Gasteiger partial charge in [0.1, 0.15) is 0 Å². The SMILES string of the molecule is O=C(O)C1(Cn2nnnc2C2CCCCCC2)CC1. The van der Waals surface area contributed by atoms with Gasteiger partial charge >= 0.3 is 5.97 Å². The maximum Gasteiger partial charge on any atom is 0.311 e. The van der Waals surface area contributed by atoms with Gasteiger partial charge in [-0.05, 0) is 36.1 Å². The number of hydrogen-bond acceptors (Lipinski definition) is 4. The second-order valence-electron chi connectivity index (χ2n) is 5.97. The quantitative estimate of drug-likeness (QED) is 0.841. The lowest BCUT2D eigenvalue weighted by molar-refractivity contribution is -0.144. The first kappa shape index (κ1) is 12.6. The molecule has 1 N–H and O–H groups in total. The van der Waals surface area contributed by atoms with Crippen molar-refractivity contribution in [3.8, 4) is 0 Å². The third-order valence-corrected chi connectivity index (χ3v) is 4.54. The van der Waals surface area contributed by atoms with Crippen LogP contribution < -0.4 is 0 Å². The number of hydrogen-bond donors (Lipinski definition) is 1. The first-order valence-corrected chi connectivity index (χ1v) is 7.21. The summed E-state index contributed by atoms with van der Waals surface area (Å²) >= 11 is 0. The van der Waals surface area contributed by atoms with Gasteiger partial charge in [0.25, 0.3) is 0 Å². The van der Waals surface area contributed by atoms with E-state index in [0.29, 0.717) is 12.5 Å². The van der Waals surface area contributed by atoms with Crippen molar-refractivity contribution in [2.75, 3.05) is 0 Å². The molecule has 1 aromatic rings. The molecule has 2 aliphatic rings. The Labute approximate surface area is 112 Å². The molecule has 6 nitrogen and oxygen atoms in total. The Morgan fingerprint density at radius 2 is 1.95 bits per heavy atom. The molecule has 0 saturated heterocycles. The van der Waals surface area contributed by atoms with Gasteiger partial charge < -0.3 is 5.11 Å². The third kappa shape index (κ3) is 2.48. The van der Waals surface area contributed by atoms with Gasteiger partial charge in [0.15, 0.2) is 5.82 Å². The molecule has 0 atom stereocenters. The van der Waals surface area contributed by atoms with Gasteiger partial charge in [0.2, 0.25) is 0 Å². The highest BCUT2D eigenvalue weighted by atomic mass is 16.4. The van der Waals surface area contributed by atoms with Crippen molar-refractivity contribution in [1.82, 2.24) is 20.2 Å². The molecule has 0 amide bonds. The first-order valence-electron chi connectivity index (χ1n) is 7.21. The number of aromatic nitrogens is 4. The molecule has 0 aromatic carbocycles. The predicted molar refractivity (Wildman–Crippen MR) is 67.6 cm³/mol. The minimum Gasteiger partial charge on any atom is -0.481 e. The standard InChI is InChI=1S/C13H20N4O2/c18-12(19)13(7-8-13)9-17-11(14-15-16-17)10-5-3-1-2-4-6-10/h10H,1-9H2,(H,18,19). The largest absolute Gasteiger partial charge is 0.481 e. The molecule has 0 unspecified atom stereocenters. The molecule has 0 spiro atoms. The summed E-state index contributed by atoms with van der Waals surface area (Å²) < 4.78 is 1.75. The smallest absolute Gasteiger partial charge is 0.311 e. The molecule has 19 heavy (non-hydrogen) atoms. The summed E-state index contributed by atoms with van der Waals surface area (Å²) in [6.07, 6.45) is 8.76. The maximum atomic E-state index is 11.3. The zero-order valence-electron chi connectivity index (χ0n) is 11.1. The molecular weight excluding hydrogens is 244 g/mol. The normalized spacial score (nSPS) is 22.9. The Hall–Kier alpha value is -1.46. The molecule has 3 rings (SSSR count). The van der Waals surface area contributed by atoms with E-state index in [4.69, 9.17) is 0 Å². The van der Waals surface area contributed by atoms with Crippen molar-refractivity contribution in [1.29, 1.82) is 0 Å². The van der Waals surface area contributed by atoms with Crippen LogP contribution in [0.2, 0.25) is 0 Å². The molecule has 2 fully saturated rings. The maximum absolute atomic E-state index is 11.3. The van der Waals surface area contributed by atoms with Gasteiger partial charge in [-0.3, -0.25) is 4.79 Å². The van der Waals surface area contributed by atoms with Crippen molar-refractivity contribution in [2.24, 2.45) is 5.41 Å². The van der Waals surface area contributed by atoms with Gasteiger partial charge in [0.05, 0.1) is 12.0 Å². The fourth-order valence-corrected chi connectivity index (χ4v) is 3.03. The van der Waals surface area contributed by atoms with E-state index in [2.05, 4.69) is 15.5 Å². The Morgan fingerprint density at radius 3 is 2.53 bits per heavy atom.